The fraction of sp³-hybridized carbons (Fsp3) is 0.211. The van der Waals surface area contributed by atoms with E-state index >= 15 is 0 Å². The largest absolute Gasteiger partial charge is 0.360 e. The SMILES string of the molecule is [B]c1ccc(-c2noc(C)c2C(=O)c2c[nH]c(C(=O)NC3CC3)c2)cc1. The summed E-state index contributed by atoms with van der Waals surface area (Å²) in [4.78, 5) is 28.0. The number of carbonyl (C=O) groups excluding carboxylic acids is 2. The summed E-state index contributed by atoms with van der Waals surface area (Å²) in [5, 5.41) is 6.91. The Bertz CT molecular complexity index is 984. The molecule has 0 bridgehead atoms. The molecule has 3 aromatic rings. The lowest BCUT2D eigenvalue weighted by molar-refractivity contribution is 0.0946. The summed E-state index contributed by atoms with van der Waals surface area (Å²) in [5.41, 5.74) is 2.94. The third-order valence-corrected chi connectivity index (χ3v) is 4.38. The first-order chi connectivity index (χ1) is 12.5. The van der Waals surface area contributed by atoms with Crippen molar-refractivity contribution in [2.45, 2.75) is 25.8 Å². The molecule has 1 aliphatic carbocycles. The molecule has 2 aromatic heterocycles. The average Bonchev–Trinajstić information content (AvgIpc) is 3.16. The zero-order chi connectivity index (χ0) is 18.3. The third kappa shape index (κ3) is 3.08. The van der Waals surface area contributed by atoms with E-state index in [1.807, 2.05) is 0 Å². The lowest BCUT2D eigenvalue weighted by Crippen LogP contribution is -2.25. The van der Waals surface area contributed by atoms with Crippen LogP contribution in [0.2, 0.25) is 0 Å². The number of hydrogen-bond acceptors (Lipinski definition) is 4. The second-order valence-corrected chi connectivity index (χ2v) is 6.46. The van der Waals surface area contributed by atoms with Crippen molar-refractivity contribution in [2.24, 2.45) is 0 Å². The molecule has 7 heteroatoms. The molecule has 1 fully saturated rings. The molecule has 1 amide bonds. The van der Waals surface area contributed by atoms with E-state index in [2.05, 4.69) is 15.5 Å². The number of aromatic nitrogens is 2. The number of amides is 1. The van der Waals surface area contributed by atoms with E-state index in [1.54, 1.807) is 37.3 Å². The van der Waals surface area contributed by atoms with Crippen molar-refractivity contribution in [3.63, 3.8) is 0 Å². The molecule has 2 radical (unpaired) electrons. The first-order valence-corrected chi connectivity index (χ1v) is 8.39. The van der Waals surface area contributed by atoms with E-state index in [9.17, 15) is 9.59 Å². The van der Waals surface area contributed by atoms with Gasteiger partial charge in [-0.3, -0.25) is 9.59 Å². The summed E-state index contributed by atoms with van der Waals surface area (Å²) >= 11 is 0. The fourth-order valence-electron chi connectivity index (χ4n) is 2.77. The molecule has 1 aromatic carbocycles. The molecule has 0 saturated heterocycles. The highest BCUT2D eigenvalue weighted by Crippen LogP contribution is 2.27. The molecule has 4 rings (SSSR count). The van der Waals surface area contributed by atoms with Gasteiger partial charge in [-0.25, -0.2) is 0 Å². The first-order valence-electron chi connectivity index (χ1n) is 8.39. The molecule has 0 atom stereocenters. The summed E-state index contributed by atoms with van der Waals surface area (Å²) < 4.78 is 5.25. The van der Waals surface area contributed by atoms with Gasteiger partial charge in [-0.2, -0.15) is 0 Å². The Labute approximate surface area is 151 Å². The second kappa shape index (κ2) is 6.33. The van der Waals surface area contributed by atoms with Crippen molar-refractivity contribution >= 4 is 25.0 Å². The summed E-state index contributed by atoms with van der Waals surface area (Å²) in [6, 6.07) is 8.86. The molecule has 1 saturated carbocycles. The van der Waals surface area contributed by atoms with E-state index in [-0.39, 0.29) is 17.7 Å². The van der Waals surface area contributed by atoms with Gasteiger partial charge in [0.25, 0.3) is 5.91 Å². The van der Waals surface area contributed by atoms with E-state index in [1.165, 1.54) is 6.20 Å². The molecule has 2 heterocycles. The van der Waals surface area contributed by atoms with Gasteiger partial charge in [0.15, 0.2) is 5.78 Å². The molecule has 0 aliphatic heterocycles. The topological polar surface area (TPSA) is 88.0 Å². The Hall–Kier alpha value is -3.09. The van der Waals surface area contributed by atoms with Crippen LogP contribution >= 0.6 is 0 Å². The molecule has 2 N–H and O–H groups in total. The van der Waals surface area contributed by atoms with E-state index in [0.29, 0.717) is 33.7 Å². The van der Waals surface area contributed by atoms with Gasteiger partial charge in [0.1, 0.15) is 25.0 Å². The van der Waals surface area contributed by atoms with Crippen LogP contribution in [0.4, 0.5) is 0 Å². The molecular formula is C19H16BN3O3. The van der Waals surface area contributed by atoms with Crippen LogP contribution in [0.25, 0.3) is 11.3 Å². The normalized spacial score (nSPS) is 13.6. The van der Waals surface area contributed by atoms with Crippen LogP contribution < -0.4 is 10.8 Å². The number of nitrogens with zero attached hydrogens (tertiary/aromatic N) is 1. The maximum Gasteiger partial charge on any atom is 0.267 e. The van der Waals surface area contributed by atoms with Gasteiger partial charge in [-0.05, 0) is 25.8 Å². The number of hydrogen-bond donors (Lipinski definition) is 2. The van der Waals surface area contributed by atoms with Crippen molar-refractivity contribution < 1.29 is 14.1 Å². The van der Waals surface area contributed by atoms with Gasteiger partial charge in [0.2, 0.25) is 0 Å². The summed E-state index contributed by atoms with van der Waals surface area (Å²) in [6.45, 7) is 1.69. The Balaban J connectivity index is 1.64. The number of H-pyrrole nitrogens is 1. The summed E-state index contributed by atoms with van der Waals surface area (Å²) in [5.74, 6) is -0.0309. The molecule has 6 nitrogen and oxygen atoms in total. The van der Waals surface area contributed by atoms with Gasteiger partial charge < -0.3 is 14.8 Å². The smallest absolute Gasteiger partial charge is 0.267 e. The van der Waals surface area contributed by atoms with Crippen LogP contribution in [0.1, 0.15) is 45.0 Å². The maximum atomic E-state index is 13.0. The highest BCUT2D eigenvalue weighted by atomic mass is 16.5. The standard InChI is InChI=1S/C19H16BN3O3/c1-10-16(17(23-26-10)11-2-4-13(20)5-3-11)18(24)12-8-15(21-9-12)19(25)22-14-6-7-14/h2-5,8-9,14,21H,6-7H2,1H3,(H,22,25). The fourth-order valence-corrected chi connectivity index (χ4v) is 2.77. The van der Waals surface area contributed by atoms with Crippen molar-refractivity contribution in [3.8, 4) is 11.3 Å². The number of ketones is 1. The maximum absolute atomic E-state index is 13.0. The highest BCUT2D eigenvalue weighted by molar-refractivity contribution is 6.32. The van der Waals surface area contributed by atoms with E-state index in [0.717, 1.165) is 18.4 Å². The zero-order valence-electron chi connectivity index (χ0n) is 14.2. The second-order valence-electron chi connectivity index (χ2n) is 6.46. The van der Waals surface area contributed by atoms with Gasteiger partial charge in [-0.15, -0.1) is 0 Å². The van der Waals surface area contributed by atoms with Gasteiger partial charge in [0, 0.05) is 23.4 Å². The lowest BCUT2D eigenvalue weighted by Gasteiger charge is -2.02. The molecule has 0 unspecified atom stereocenters. The number of aryl methyl sites for hydroxylation is 1. The quantitative estimate of drug-likeness (QED) is 0.546. The average molecular weight is 345 g/mol. The van der Waals surface area contributed by atoms with Crippen LogP contribution in [0.15, 0.2) is 41.1 Å². The van der Waals surface area contributed by atoms with Crippen molar-refractivity contribution in [1.82, 2.24) is 15.5 Å². The van der Waals surface area contributed by atoms with Crippen LogP contribution in [0.5, 0.6) is 0 Å². The van der Waals surface area contributed by atoms with Gasteiger partial charge in [-0.1, -0.05) is 34.9 Å². The summed E-state index contributed by atoms with van der Waals surface area (Å²) in [7, 11) is 5.72. The van der Waals surface area contributed by atoms with E-state index < -0.39 is 0 Å². The van der Waals surface area contributed by atoms with Crippen molar-refractivity contribution in [3.05, 3.63) is 59.1 Å². The first kappa shape index (κ1) is 16.4. The monoisotopic (exact) mass is 345 g/mol. The molecular weight excluding hydrogens is 329 g/mol. The number of benzene rings is 1. The summed E-state index contributed by atoms with van der Waals surface area (Å²) in [6.07, 6.45) is 3.54. The van der Waals surface area contributed by atoms with Crippen molar-refractivity contribution in [1.29, 1.82) is 0 Å². The van der Waals surface area contributed by atoms with Gasteiger partial charge >= 0.3 is 0 Å². The Morgan fingerprint density at radius 1 is 1.27 bits per heavy atom. The van der Waals surface area contributed by atoms with Crippen molar-refractivity contribution in [2.75, 3.05) is 0 Å². The Kier molecular flexibility index (Phi) is 3.99. The van der Waals surface area contributed by atoms with Crippen LogP contribution in [-0.2, 0) is 0 Å². The van der Waals surface area contributed by atoms with Crippen LogP contribution in [-0.4, -0.2) is 35.7 Å². The Morgan fingerprint density at radius 3 is 2.69 bits per heavy atom. The zero-order valence-corrected chi connectivity index (χ0v) is 14.2. The minimum atomic E-state index is -0.253. The Morgan fingerprint density at radius 2 is 2.00 bits per heavy atom. The number of aromatic amines is 1. The molecule has 0 spiro atoms. The third-order valence-electron chi connectivity index (χ3n) is 4.38. The molecule has 128 valence electrons. The number of rotatable bonds is 5. The number of nitrogens with one attached hydrogen (secondary N) is 2. The predicted molar refractivity (Wildman–Crippen MR) is 96.8 cm³/mol. The number of carbonyl (C=O) groups is 2. The highest BCUT2D eigenvalue weighted by Gasteiger charge is 2.26. The minimum absolute atomic E-state index is 0.202. The van der Waals surface area contributed by atoms with Crippen LogP contribution in [0, 0.1) is 6.92 Å². The predicted octanol–water partition coefficient (Wildman–Crippen LogP) is 1.90. The lowest BCUT2D eigenvalue weighted by atomic mass is 9.93. The minimum Gasteiger partial charge on any atom is -0.360 e. The molecule has 26 heavy (non-hydrogen) atoms. The molecule has 1 aliphatic rings. The van der Waals surface area contributed by atoms with Gasteiger partial charge in [0.05, 0.1) is 5.56 Å². The van der Waals surface area contributed by atoms with Crippen LogP contribution in [0.3, 0.4) is 0 Å². The van der Waals surface area contributed by atoms with E-state index in [4.69, 9.17) is 12.4 Å².